The highest BCUT2D eigenvalue weighted by molar-refractivity contribution is 6.30. The van der Waals surface area contributed by atoms with Gasteiger partial charge < -0.3 is 5.11 Å². The van der Waals surface area contributed by atoms with Crippen molar-refractivity contribution in [2.75, 3.05) is 0 Å². The summed E-state index contributed by atoms with van der Waals surface area (Å²) >= 11 is 5.91. The molecule has 0 saturated carbocycles. The second-order valence-electron chi connectivity index (χ2n) is 5.09. The highest BCUT2D eigenvalue weighted by atomic mass is 35.5. The molecular weight excluding hydrogens is 298 g/mol. The molecule has 0 bridgehead atoms. The molecule has 112 valence electrons. The molecule has 3 rings (SSSR count). The Balaban J connectivity index is 1.88. The summed E-state index contributed by atoms with van der Waals surface area (Å²) in [4.78, 5) is 0. The van der Waals surface area contributed by atoms with E-state index >= 15 is 0 Å². The van der Waals surface area contributed by atoms with Crippen molar-refractivity contribution in [2.24, 2.45) is 0 Å². The Morgan fingerprint density at radius 2 is 1.68 bits per heavy atom. The first-order chi connectivity index (χ1) is 10.8. The first-order valence-corrected chi connectivity index (χ1v) is 7.44. The van der Waals surface area contributed by atoms with E-state index in [4.69, 9.17) is 11.6 Å². The summed E-state index contributed by atoms with van der Waals surface area (Å²) < 4.78 is 1.84. The fraction of sp³-hybridized carbons (Fsp3) is 0.176. The number of halogens is 1. The van der Waals surface area contributed by atoms with Crippen LogP contribution in [0.5, 0.6) is 0 Å². The van der Waals surface area contributed by atoms with Crippen molar-refractivity contribution in [2.45, 2.75) is 19.6 Å². The highest BCUT2D eigenvalue weighted by Gasteiger charge is 2.13. The lowest BCUT2D eigenvalue weighted by molar-refractivity contribution is 0.275. The third kappa shape index (κ3) is 3.35. The fourth-order valence-corrected chi connectivity index (χ4v) is 2.49. The van der Waals surface area contributed by atoms with Gasteiger partial charge in [-0.2, -0.15) is 0 Å². The molecular formula is C17H16ClN3O. The van der Waals surface area contributed by atoms with Gasteiger partial charge in [0.2, 0.25) is 0 Å². The predicted octanol–water partition coefficient (Wildman–Crippen LogP) is 3.06. The van der Waals surface area contributed by atoms with Gasteiger partial charge in [-0.15, -0.1) is 5.10 Å². The molecule has 0 atom stereocenters. The summed E-state index contributed by atoms with van der Waals surface area (Å²) in [5.41, 5.74) is 3.81. The molecule has 0 aliphatic rings. The van der Waals surface area contributed by atoms with Crippen LogP contribution in [-0.4, -0.2) is 20.1 Å². The zero-order valence-corrected chi connectivity index (χ0v) is 12.7. The molecule has 0 fully saturated rings. The summed E-state index contributed by atoms with van der Waals surface area (Å²) in [6.45, 7) is 0.495. The van der Waals surface area contributed by atoms with Crippen molar-refractivity contribution in [1.29, 1.82) is 0 Å². The lowest BCUT2D eigenvalue weighted by Crippen LogP contribution is -2.08. The Labute approximate surface area is 134 Å². The Kier molecular flexibility index (Phi) is 4.51. The van der Waals surface area contributed by atoms with Gasteiger partial charge in [0.05, 0.1) is 18.8 Å². The minimum Gasteiger partial charge on any atom is -0.390 e. The molecule has 22 heavy (non-hydrogen) atoms. The first kappa shape index (κ1) is 14.8. The number of aliphatic hydroxyl groups is 1. The molecule has 0 saturated heterocycles. The van der Waals surface area contributed by atoms with Crippen LogP contribution in [0.1, 0.15) is 22.5 Å². The summed E-state index contributed by atoms with van der Waals surface area (Å²) in [5, 5.41) is 18.4. The van der Waals surface area contributed by atoms with Crippen LogP contribution in [0.2, 0.25) is 5.02 Å². The van der Waals surface area contributed by atoms with Gasteiger partial charge >= 0.3 is 0 Å². The van der Waals surface area contributed by atoms with Crippen molar-refractivity contribution in [3.05, 3.63) is 82.1 Å². The lowest BCUT2D eigenvalue weighted by Gasteiger charge is -2.08. The molecule has 5 heteroatoms. The van der Waals surface area contributed by atoms with E-state index in [9.17, 15) is 5.11 Å². The summed E-state index contributed by atoms with van der Waals surface area (Å²) in [7, 11) is 0. The van der Waals surface area contributed by atoms with Crippen LogP contribution in [-0.2, 0) is 19.6 Å². The number of hydrogen-bond donors (Lipinski definition) is 1. The number of rotatable bonds is 5. The molecule has 0 aliphatic carbocycles. The summed E-state index contributed by atoms with van der Waals surface area (Å²) in [5.74, 6) is 0. The van der Waals surface area contributed by atoms with Crippen LogP contribution in [0.15, 0.2) is 54.6 Å². The molecule has 0 unspecified atom stereocenters. The van der Waals surface area contributed by atoms with Crippen molar-refractivity contribution >= 4 is 11.6 Å². The van der Waals surface area contributed by atoms with Crippen molar-refractivity contribution in [3.8, 4) is 0 Å². The number of benzene rings is 2. The molecule has 0 amide bonds. The van der Waals surface area contributed by atoms with Crippen molar-refractivity contribution in [1.82, 2.24) is 15.0 Å². The van der Waals surface area contributed by atoms with Gasteiger partial charge in [-0.3, -0.25) is 0 Å². The van der Waals surface area contributed by atoms with Gasteiger partial charge in [0.25, 0.3) is 0 Å². The van der Waals surface area contributed by atoms with E-state index in [2.05, 4.69) is 22.4 Å². The average Bonchev–Trinajstić information content (AvgIpc) is 2.92. The number of aliphatic hydroxyl groups excluding tert-OH is 1. The first-order valence-electron chi connectivity index (χ1n) is 7.06. The Bertz CT molecular complexity index is 738. The number of aromatic nitrogens is 3. The normalized spacial score (nSPS) is 10.8. The maximum absolute atomic E-state index is 9.48. The molecule has 1 aromatic heterocycles. The molecule has 0 spiro atoms. The van der Waals surface area contributed by atoms with Gasteiger partial charge in [-0.1, -0.05) is 59.3 Å². The quantitative estimate of drug-likeness (QED) is 0.787. The van der Waals surface area contributed by atoms with Gasteiger partial charge in [-0.25, -0.2) is 4.68 Å². The Hall–Kier alpha value is -2.17. The van der Waals surface area contributed by atoms with E-state index in [0.717, 1.165) is 16.8 Å². The molecule has 0 aliphatic heterocycles. The molecule has 0 radical (unpaired) electrons. The van der Waals surface area contributed by atoms with Gasteiger partial charge in [0.15, 0.2) is 0 Å². The van der Waals surface area contributed by atoms with Gasteiger partial charge in [0, 0.05) is 11.4 Å². The van der Waals surface area contributed by atoms with Crippen molar-refractivity contribution < 1.29 is 5.11 Å². The lowest BCUT2D eigenvalue weighted by atomic mass is 10.1. The molecule has 3 aromatic rings. The third-order valence-electron chi connectivity index (χ3n) is 3.53. The monoisotopic (exact) mass is 313 g/mol. The van der Waals surface area contributed by atoms with Gasteiger partial charge in [0.1, 0.15) is 5.69 Å². The molecule has 1 heterocycles. The molecule has 4 nitrogen and oxygen atoms in total. The maximum atomic E-state index is 9.48. The minimum atomic E-state index is -0.108. The van der Waals surface area contributed by atoms with Crippen LogP contribution < -0.4 is 0 Å². The van der Waals surface area contributed by atoms with Crippen LogP contribution in [0.25, 0.3) is 0 Å². The smallest absolute Gasteiger partial charge is 0.112 e. The van der Waals surface area contributed by atoms with E-state index in [1.54, 1.807) is 0 Å². The summed E-state index contributed by atoms with van der Waals surface area (Å²) in [6.07, 6.45) is 0.692. The van der Waals surface area contributed by atoms with E-state index in [1.165, 1.54) is 0 Å². The van der Waals surface area contributed by atoms with E-state index in [-0.39, 0.29) is 6.61 Å². The maximum Gasteiger partial charge on any atom is 0.112 e. The van der Waals surface area contributed by atoms with Crippen LogP contribution in [0.4, 0.5) is 0 Å². The van der Waals surface area contributed by atoms with Crippen LogP contribution >= 0.6 is 11.6 Å². The zero-order chi connectivity index (χ0) is 15.4. The summed E-state index contributed by atoms with van der Waals surface area (Å²) in [6, 6.07) is 17.8. The molecule has 1 N–H and O–H groups in total. The zero-order valence-electron chi connectivity index (χ0n) is 12.0. The minimum absolute atomic E-state index is 0.108. The highest BCUT2D eigenvalue weighted by Crippen LogP contribution is 2.16. The predicted molar refractivity (Wildman–Crippen MR) is 85.7 cm³/mol. The van der Waals surface area contributed by atoms with Gasteiger partial charge in [-0.05, 0) is 23.3 Å². The largest absolute Gasteiger partial charge is 0.390 e. The fourth-order valence-electron chi connectivity index (χ4n) is 2.36. The topological polar surface area (TPSA) is 50.9 Å². The SMILES string of the molecule is OCc1nnn(Cc2ccc(Cl)cc2)c1Cc1ccccc1. The third-order valence-corrected chi connectivity index (χ3v) is 3.78. The van der Waals surface area contributed by atoms with E-state index < -0.39 is 0 Å². The Morgan fingerprint density at radius 3 is 2.36 bits per heavy atom. The van der Waals surface area contributed by atoms with E-state index in [0.29, 0.717) is 23.7 Å². The van der Waals surface area contributed by atoms with Crippen LogP contribution in [0, 0.1) is 0 Å². The number of nitrogens with zero attached hydrogens (tertiary/aromatic N) is 3. The molecule has 2 aromatic carbocycles. The standard InChI is InChI=1S/C17H16ClN3O/c18-15-8-6-14(7-9-15)11-21-17(16(12-22)19-20-21)10-13-4-2-1-3-5-13/h1-9,22H,10-12H2. The second-order valence-corrected chi connectivity index (χ2v) is 5.52. The second kappa shape index (κ2) is 6.73. The van der Waals surface area contributed by atoms with E-state index in [1.807, 2.05) is 47.1 Å². The Morgan fingerprint density at radius 1 is 0.955 bits per heavy atom. The average molecular weight is 314 g/mol. The van der Waals surface area contributed by atoms with Crippen LogP contribution in [0.3, 0.4) is 0 Å². The number of hydrogen-bond acceptors (Lipinski definition) is 3. The van der Waals surface area contributed by atoms with Crippen molar-refractivity contribution in [3.63, 3.8) is 0 Å².